The molecule has 2 unspecified atom stereocenters. The summed E-state index contributed by atoms with van der Waals surface area (Å²) >= 11 is 0. The van der Waals surface area contributed by atoms with Crippen LogP contribution in [0, 0.1) is 0 Å². The van der Waals surface area contributed by atoms with Gasteiger partial charge in [-0.25, -0.2) is 0 Å². The average molecular weight is 253 g/mol. The molecule has 1 N–H and O–H groups in total. The molecule has 2 rings (SSSR count). The van der Waals surface area contributed by atoms with E-state index in [1.54, 1.807) is 7.05 Å². The van der Waals surface area contributed by atoms with Crippen LogP contribution in [0.15, 0.2) is 0 Å². The van der Waals surface area contributed by atoms with Gasteiger partial charge < -0.3 is 10.2 Å². The van der Waals surface area contributed by atoms with Crippen LogP contribution in [0.3, 0.4) is 0 Å². The molecule has 5 nitrogen and oxygen atoms in total. The molecule has 2 saturated heterocycles. The van der Waals surface area contributed by atoms with Crippen molar-refractivity contribution in [3.63, 3.8) is 0 Å². The van der Waals surface area contributed by atoms with E-state index in [9.17, 15) is 9.59 Å². The molecule has 0 aromatic carbocycles. The van der Waals surface area contributed by atoms with Crippen molar-refractivity contribution in [1.82, 2.24) is 15.1 Å². The van der Waals surface area contributed by atoms with Crippen molar-refractivity contribution in [3.8, 4) is 0 Å². The second-order valence-corrected chi connectivity index (χ2v) is 5.44. The van der Waals surface area contributed by atoms with Crippen LogP contribution in [0.2, 0.25) is 0 Å². The van der Waals surface area contributed by atoms with Crippen LogP contribution in [0.5, 0.6) is 0 Å². The Hall–Kier alpha value is -1.10. The summed E-state index contributed by atoms with van der Waals surface area (Å²) < 4.78 is 0. The van der Waals surface area contributed by atoms with Crippen molar-refractivity contribution in [3.05, 3.63) is 0 Å². The highest BCUT2D eigenvalue weighted by molar-refractivity contribution is 5.83. The quantitative estimate of drug-likeness (QED) is 0.782. The van der Waals surface area contributed by atoms with Crippen molar-refractivity contribution in [2.24, 2.45) is 0 Å². The van der Waals surface area contributed by atoms with E-state index in [-0.39, 0.29) is 24.4 Å². The minimum Gasteiger partial charge on any atom is -0.350 e. The summed E-state index contributed by atoms with van der Waals surface area (Å²) in [6.45, 7) is 3.91. The Labute approximate surface area is 108 Å². The Morgan fingerprint density at radius 2 is 2.06 bits per heavy atom. The number of piperidine rings is 1. The molecule has 102 valence electrons. The summed E-state index contributed by atoms with van der Waals surface area (Å²) in [5.41, 5.74) is 0. The minimum absolute atomic E-state index is 0.0369. The van der Waals surface area contributed by atoms with Crippen molar-refractivity contribution in [2.75, 3.05) is 26.7 Å². The number of hydrogen-bond donors (Lipinski definition) is 1. The summed E-state index contributed by atoms with van der Waals surface area (Å²) in [5.74, 6) is -0.110. The molecule has 2 fully saturated rings. The Kier molecular flexibility index (Phi) is 4.22. The predicted molar refractivity (Wildman–Crippen MR) is 69.1 cm³/mol. The lowest BCUT2D eigenvalue weighted by Crippen LogP contribution is -2.49. The number of carbonyl (C=O) groups excluding carboxylic acids is 2. The first-order valence-electron chi connectivity index (χ1n) is 6.83. The summed E-state index contributed by atoms with van der Waals surface area (Å²) in [7, 11) is 1.66. The normalized spacial score (nSPS) is 27.7. The van der Waals surface area contributed by atoms with Gasteiger partial charge in [0.25, 0.3) is 0 Å². The monoisotopic (exact) mass is 253 g/mol. The molecule has 18 heavy (non-hydrogen) atoms. The minimum atomic E-state index is -0.0733. The molecule has 0 aromatic heterocycles. The summed E-state index contributed by atoms with van der Waals surface area (Å²) in [4.78, 5) is 26.9. The molecule has 2 heterocycles. The lowest BCUT2D eigenvalue weighted by Gasteiger charge is -2.32. The third-order valence-corrected chi connectivity index (χ3v) is 4.12. The van der Waals surface area contributed by atoms with Gasteiger partial charge in [0.05, 0.1) is 6.54 Å². The van der Waals surface area contributed by atoms with Gasteiger partial charge in [0.15, 0.2) is 0 Å². The molecule has 2 amide bonds. The van der Waals surface area contributed by atoms with Gasteiger partial charge in [0, 0.05) is 32.6 Å². The zero-order valence-electron chi connectivity index (χ0n) is 11.3. The Morgan fingerprint density at radius 1 is 1.28 bits per heavy atom. The summed E-state index contributed by atoms with van der Waals surface area (Å²) in [6.07, 6.45) is 4.78. The maximum atomic E-state index is 11.9. The first kappa shape index (κ1) is 13.3. The zero-order valence-corrected chi connectivity index (χ0v) is 11.3. The third-order valence-electron chi connectivity index (χ3n) is 4.12. The number of hydrogen-bond acceptors (Lipinski definition) is 3. The van der Waals surface area contributed by atoms with E-state index < -0.39 is 0 Å². The molecule has 0 aromatic rings. The van der Waals surface area contributed by atoms with Crippen molar-refractivity contribution in [1.29, 1.82) is 0 Å². The number of carbonyl (C=O) groups is 2. The molecule has 0 saturated carbocycles. The van der Waals surface area contributed by atoms with Gasteiger partial charge in [-0.15, -0.1) is 0 Å². The van der Waals surface area contributed by atoms with E-state index >= 15 is 0 Å². The SMILES string of the molecule is CC(=O)N(C)CC(=O)NC1CCN2CCCCC12. The van der Waals surface area contributed by atoms with Crippen molar-refractivity contribution >= 4 is 11.8 Å². The summed E-state index contributed by atoms with van der Waals surface area (Å²) in [5, 5.41) is 3.09. The molecular formula is C13H23N3O2. The van der Waals surface area contributed by atoms with Crippen LogP contribution in [-0.2, 0) is 9.59 Å². The highest BCUT2D eigenvalue weighted by Gasteiger charge is 2.36. The number of rotatable bonds is 3. The number of nitrogens with one attached hydrogen (secondary N) is 1. The maximum absolute atomic E-state index is 11.9. The molecule has 0 aliphatic carbocycles. The van der Waals surface area contributed by atoms with Crippen molar-refractivity contribution in [2.45, 2.75) is 44.7 Å². The van der Waals surface area contributed by atoms with Crippen LogP contribution >= 0.6 is 0 Å². The van der Waals surface area contributed by atoms with Gasteiger partial charge in [0.2, 0.25) is 11.8 Å². The molecular weight excluding hydrogens is 230 g/mol. The highest BCUT2D eigenvalue weighted by Crippen LogP contribution is 2.26. The number of likely N-dealkylation sites (N-methyl/N-ethyl adjacent to an activating group) is 1. The lowest BCUT2D eigenvalue weighted by molar-refractivity contribution is -0.133. The Morgan fingerprint density at radius 3 is 2.78 bits per heavy atom. The molecule has 0 bridgehead atoms. The van der Waals surface area contributed by atoms with Gasteiger partial charge in [-0.2, -0.15) is 0 Å². The van der Waals surface area contributed by atoms with E-state index in [4.69, 9.17) is 0 Å². The van der Waals surface area contributed by atoms with Gasteiger partial charge in [-0.1, -0.05) is 6.42 Å². The second kappa shape index (κ2) is 5.69. The lowest BCUT2D eigenvalue weighted by atomic mass is 9.99. The smallest absolute Gasteiger partial charge is 0.239 e. The molecule has 5 heteroatoms. The van der Waals surface area contributed by atoms with Crippen LogP contribution in [0.1, 0.15) is 32.6 Å². The fourth-order valence-corrected chi connectivity index (χ4v) is 2.99. The fraction of sp³-hybridized carbons (Fsp3) is 0.846. The molecule has 0 spiro atoms. The number of amides is 2. The second-order valence-electron chi connectivity index (χ2n) is 5.44. The number of nitrogens with zero attached hydrogens (tertiary/aromatic N) is 2. The first-order valence-corrected chi connectivity index (χ1v) is 6.83. The van der Waals surface area contributed by atoms with Crippen molar-refractivity contribution < 1.29 is 9.59 Å². The van der Waals surface area contributed by atoms with Crippen LogP contribution in [0.25, 0.3) is 0 Å². The largest absolute Gasteiger partial charge is 0.350 e. The van der Waals surface area contributed by atoms with E-state index in [1.807, 2.05) is 0 Å². The van der Waals surface area contributed by atoms with Gasteiger partial charge >= 0.3 is 0 Å². The molecule has 2 aliphatic heterocycles. The van der Waals surface area contributed by atoms with Crippen LogP contribution in [-0.4, -0.2) is 60.4 Å². The zero-order chi connectivity index (χ0) is 13.1. The topological polar surface area (TPSA) is 52.7 Å². The average Bonchev–Trinajstić information content (AvgIpc) is 2.72. The third kappa shape index (κ3) is 3.02. The van der Waals surface area contributed by atoms with Crippen LogP contribution < -0.4 is 5.32 Å². The number of fused-ring (bicyclic) bond motifs is 1. The first-order chi connectivity index (χ1) is 8.58. The molecule has 2 atom stereocenters. The maximum Gasteiger partial charge on any atom is 0.239 e. The predicted octanol–water partition coefficient (Wildman–Crippen LogP) is 0.208. The van der Waals surface area contributed by atoms with Crippen LogP contribution in [0.4, 0.5) is 0 Å². The van der Waals surface area contributed by atoms with E-state index in [2.05, 4.69) is 10.2 Å². The van der Waals surface area contributed by atoms with E-state index in [1.165, 1.54) is 37.6 Å². The standard InChI is InChI=1S/C13H23N3O2/c1-10(17)15(2)9-13(18)14-11-6-8-16-7-4-3-5-12(11)16/h11-12H,3-9H2,1-2H3,(H,14,18). The van der Waals surface area contributed by atoms with Gasteiger partial charge in [-0.3, -0.25) is 14.5 Å². The van der Waals surface area contributed by atoms with Gasteiger partial charge in [0.1, 0.15) is 0 Å². The Balaban J connectivity index is 1.82. The highest BCUT2D eigenvalue weighted by atomic mass is 16.2. The van der Waals surface area contributed by atoms with E-state index in [0.717, 1.165) is 13.0 Å². The fourth-order valence-electron chi connectivity index (χ4n) is 2.99. The van der Waals surface area contributed by atoms with Gasteiger partial charge in [-0.05, 0) is 25.8 Å². The molecule has 2 aliphatic rings. The van der Waals surface area contributed by atoms with E-state index in [0.29, 0.717) is 6.04 Å². The Bertz CT molecular complexity index is 332. The summed E-state index contributed by atoms with van der Waals surface area (Å²) in [6, 6.07) is 0.795. The molecule has 0 radical (unpaired) electrons.